The summed E-state index contributed by atoms with van der Waals surface area (Å²) in [5.41, 5.74) is 1.79. The van der Waals surface area contributed by atoms with Gasteiger partial charge < -0.3 is 4.74 Å². The minimum absolute atomic E-state index is 0.00347. The van der Waals surface area contributed by atoms with E-state index in [9.17, 15) is 4.79 Å². The molecule has 122 valence electrons. The second-order valence-electron chi connectivity index (χ2n) is 8.67. The third-order valence-electron chi connectivity index (χ3n) is 8.00. The molecular weight excluding hydrogens is 272 g/mol. The average molecular weight is 302 g/mol. The molecule has 2 nitrogen and oxygen atoms in total. The SMILES string of the molecule is COC1C=C2C(CCC3CCCCC23C)C2CCC(=O)C12C. The van der Waals surface area contributed by atoms with Crippen molar-refractivity contribution >= 4 is 5.78 Å². The summed E-state index contributed by atoms with van der Waals surface area (Å²) in [4.78, 5) is 12.6. The molecule has 0 N–H and O–H groups in total. The van der Waals surface area contributed by atoms with Crippen LogP contribution in [0.15, 0.2) is 11.6 Å². The standard InChI is InChI=1S/C20H30O2/c1-19-11-5-4-6-13(19)7-8-14-15-9-10-17(21)20(15,2)18(22-3)12-16(14)19/h12-15,18H,4-11H2,1-3H3. The van der Waals surface area contributed by atoms with Crippen LogP contribution in [0.2, 0.25) is 0 Å². The van der Waals surface area contributed by atoms with Gasteiger partial charge in [0.2, 0.25) is 0 Å². The van der Waals surface area contributed by atoms with Crippen LogP contribution in [0.4, 0.5) is 0 Å². The monoisotopic (exact) mass is 302 g/mol. The van der Waals surface area contributed by atoms with Gasteiger partial charge in [-0.25, -0.2) is 0 Å². The van der Waals surface area contributed by atoms with Gasteiger partial charge in [0.1, 0.15) is 5.78 Å². The lowest BCUT2D eigenvalue weighted by Crippen LogP contribution is -2.52. The van der Waals surface area contributed by atoms with Gasteiger partial charge in [-0.3, -0.25) is 4.79 Å². The highest BCUT2D eigenvalue weighted by Crippen LogP contribution is 2.63. The largest absolute Gasteiger partial charge is 0.376 e. The number of fused-ring (bicyclic) bond motifs is 5. The van der Waals surface area contributed by atoms with Crippen LogP contribution in [0.1, 0.15) is 65.2 Å². The first-order valence-electron chi connectivity index (χ1n) is 9.30. The van der Waals surface area contributed by atoms with Gasteiger partial charge in [0.05, 0.1) is 11.5 Å². The fraction of sp³-hybridized carbons (Fsp3) is 0.850. The molecule has 2 heteroatoms. The molecule has 3 fully saturated rings. The average Bonchev–Trinajstić information content (AvgIpc) is 2.82. The minimum Gasteiger partial charge on any atom is -0.376 e. The number of hydrogen-bond donors (Lipinski definition) is 0. The summed E-state index contributed by atoms with van der Waals surface area (Å²) in [5, 5.41) is 0. The fourth-order valence-corrected chi connectivity index (χ4v) is 6.64. The molecule has 6 unspecified atom stereocenters. The van der Waals surface area contributed by atoms with Gasteiger partial charge in [0.25, 0.3) is 0 Å². The van der Waals surface area contributed by atoms with Crippen LogP contribution in [0.3, 0.4) is 0 Å². The van der Waals surface area contributed by atoms with Crippen LogP contribution in [0, 0.1) is 28.6 Å². The summed E-state index contributed by atoms with van der Waals surface area (Å²) in [6.45, 7) is 4.70. The molecule has 3 saturated carbocycles. The first-order chi connectivity index (χ1) is 10.5. The Hall–Kier alpha value is -0.630. The number of hydrogen-bond acceptors (Lipinski definition) is 2. The number of ketones is 1. The van der Waals surface area contributed by atoms with Crippen LogP contribution in [0.25, 0.3) is 0 Å². The third kappa shape index (κ3) is 1.74. The van der Waals surface area contributed by atoms with Crippen LogP contribution in [-0.2, 0) is 9.53 Å². The number of carbonyl (C=O) groups excluding carboxylic acids is 1. The zero-order valence-electron chi connectivity index (χ0n) is 14.4. The Morgan fingerprint density at radius 1 is 1.14 bits per heavy atom. The van der Waals surface area contributed by atoms with Crippen molar-refractivity contribution in [2.45, 2.75) is 71.3 Å². The van der Waals surface area contributed by atoms with Gasteiger partial charge >= 0.3 is 0 Å². The molecule has 0 heterocycles. The van der Waals surface area contributed by atoms with E-state index in [0.29, 0.717) is 23.0 Å². The van der Waals surface area contributed by atoms with Gasteiger partial charge in [-0.1, -0.05) is 31.4 Å². The number of Topliss-reactive ketones (excluding diaryl/α,β-unsaturated/α-hetero) is 1. The maximum atomic E-state index is 12.6. The van der Waals surface area contributed by atoms with Crippen LogP contribution >= 0.6 is 0 Å². The summed E-state index contributed by atoms with van der Waals surface area (Å²) in [6, 6.07) is 0. The van der Waals surface area contributed by atoms with E-state index in [0.717, 1.165) is 18.8 Å². The number of rotatable bonds is 1. The quantitative estimate of drug-likeness (QED) is 0.665. The molecule has 0 aliphatic heterocycles. The molecule has 0 aromatic carbocycles. The molecular formula is C20H30O2. The fourth-order valence-electron chi connectivity index (χ4n) is 6.64. The number of ether oxygens (including phenoxy) is 1. The zero-order chi connectivity index (χ0) is 15.5. The third-order valence-corrected chi connectivity index (χ3v) is 8.00. The predicted molar refractivity (Wildman–Crippen MR) is 87.5 cm³/mol. The Balaban J connectivity index is 1.80. The normalized spacial score (nSPS) is 50.9. The molecule has 6 atom stereocenters. The molecule has 0 aromatic rings. The Kier molecular flexibility index (Phi) is 3.35. The van der Waals surface area contributed by atoms with E-state index in [1.54, 1.807) is 12.7 Å². The van der Waals surface area contributed by atoms with Crippen molar-refractivity contribution in [3.05, 3.63) is 11.6 Å². The van der Waals surface area contributed by atoms with Crippen molar-refractivity contribution in [3.63, 3.8) is 0 Å². The summed E-state index contributed by atoms with van der Waals surface area (Å²) in [5.74, 6) is 2.46. The molecule has 0 bridgehead atoms. The summed E-state index contributed by atoms with van der Waals surface area (Å²) in [6.07, 6.45) is 12.4. The smallest absolute Gasteiger partial charge is 0.141 e. The van der Waals surface area contributed by atoms with E-state index in [1.165, 1.54) is 38.5 Å². The van der Waals surface area contributed by atoms with Crippen LogP contribution < -0.4 is 0 Å². The Morgan fingerprint density at radius 2 is 1.95 bits per heavy atom. The first kappa shape index (κ1) is 14.9. The van der Waals surface area contributed by atoms with E-state index in [2.05, 4.69) is 19.9 Å². The van der Waals surface area contributed by atoms with Gasteiger partial charge in [-0.15, -0.1) is 0 Å². The van der Waals surface area contributed by atoms with Crippen molar-refractivity contribution < 1.29 is 9.53 Å². The van der Waals surface area contributed by atoms with Crippen LogP contribution in [0.5, 0.6) is 0 Å². The highest BCUT2D eigenvalue weighted by molar-refractivity contribution is 5.88. The van der Waals surface area contributed by atoms with E-state index in [1.807, 2.05) is 0 Å². The molecule has 0 radical (unpaired) electrons. The molecule has 0 amide bonds. The molecule has 0 saturated heterocycles. The molecule has 22 heavy (non-hydrogen) atoms. The molecule has 0 aromatic heterocycles. The lowest BCUT2D eigenvalue weighted by Gasteiger charge is -2.56. The molecule has 4 aliphatic rings. The highest BCUT2D eigenvalue weighted by atomic mass is 16.5. The van der Waals surface area contributed by atoms with Gasteiger partial charge in [-0.05, 0) is 62.2 Å². The Labute approximate surface area is 134 Å². The van der Waals surface area contributed by atoms with Crippen molar-refractivity contribution in [3.8, 4) is 0 Å². The summed E-state index contributed by atoms with van der Waals surface area (Å²) < 4.78 is 5.85. The second-order valence-corrected chi connectivity index (χ2v) is 8.67. The van der Waals surface area contributed by atoms with Crippen molar-refractivity contribution in [1.29, 1.82) is 0 Å². The van der Waals surface area contributed by atoms with Crippen molar-refractivity contribution in [1.82, 2.24) is 0 Å². The predicted octanol–water partition coefficient (Wildman–Crippen LogP) is 4.53. The Morgan fingerprint density at radius 3 is 2.73 bits per heavy atom. The minimum atomic E-state index is -0.263. The maximum absolute atomic E-state index is 12.6. The second kappa shape index (κ2) is 4.93. The van der Waals surface area contributed by atoms with E-state index in [-0.39, 0.29) is 11.5 Å². The highest BCUT2D eigenvalue weighted by Gasteiger charge is 2.60. The summed E-state index contributed by atoms with van der Waals surface area (Å²) >= 11 is 0. The first-order valence-corrected chi connectivity index (χ1v) is 9.30. The van der Waals surface area contributed by atoms with E-state index >= 15 is 0 Å². The van der Waals surface area contributed by atoms with Crippen molar-refractivity contribution in [2.75, 3.05) is 7.11 Å². The molecule has 4 aliphatic carbocycles. The van der Waals surface area contributed by atoms with Crippen LogP contribution in [-0.4, -0.2) is 19.0 Å². The Bertz CT molecular complexity index is 522. The number of allylic oxidation sites excluding steroid dienone is 1. The lowest BCUT2D eigenvalue weighted by molar-refractivity contribution is -0.135. The van der Waals surface area contributed by atoms with E-state index < -0.39 is 0 Å². The van der Waals surface area contributed by atoms with Gasteiger partial charge in [0.15, 0.2) is 0 Å². The maximum Gasteiger partial charge on any atom is 0.141 e. The number of carbonyl (C=O) groups is 1. The molecule has 4 rings (SSSR count). The number of methoxy groups -OCH3 is 1. The topological polar surface area (TPSA) is 26.3 Å². The van der Waals surface area contributed by atoms with Crippen molar-refractivity contribution in [2.24, 2.45) is 28.6 Å². The zero-order valence-corrected chi connectivity index (χ0v) is 14.4. The van der Waals surface area contributed by atoms with E-state index in [4.69, 9.17) is 4.74 Å². The lowest BCUT2D eigenvalue weighted by atomic mass is 9.49. The molecule has 0 spiro atoms. The van der Waals surface area contributed by atoms with Gasteiger partial charge in [0, 0.05) is 13.5 Å². The summed E-state index contributed by atoms with van der Waals surface area (Å²) in [7, 11) is 1.79. The van der Waals surface area contributed by atoms with Gasteiger partial charge in [-0.2, -0.15) is 0 Å².